The topological polar surface area (TPSA) is 46.5 Å². The Morgan fingerprint density at radius 2 is 2.19 bits per heavy atom. The lowest BCUT2D eigenvalue weighted by Gasteiger charge is -2.17. The van der Waals surface area contributed by atoms with Crippen LogP contribution in [0.5, 0.6) is 11.5 Å². The van der Waals surface area contributed by atoms with Gasteiger partial charge >= 0.3 is 0 Å². The Balaban J connectivity index is 2.76. The van der Waals surface area contributed by atoms with Crippen LogP contribution in [0.3, 0.4) is 0 Å². The van der Waals surface area contributed by atoms with Crippen molar-refractivity contribution >= 4 is 5.78 Å². The van der Waals surface area contributed by atoms with Gasteiger partial charge in [0, 0.05) is 11.0 Å². The van der Waals surface area contributed by atoms with Crippen LogP contribution in [0.4, 0.5) is 4.39 Å². The molecular weight excluding hydrogens is 211 g/mol. The number of ether oxygens (including phenoxy) is 1. The largest absolute Gasteiger partial charge is 0.507 e. The molecule has 0 aliphatic carbocycles. The maximum Gasteiger partial charge on any atom is 0.166 e. The van der Waals surface area contributed by atoms with E-state index in [9.17, 15) is 14.3 Å². The highest BCUT2D eigenvalue weighted by Gasteiger charge is 2.38. The van der Waals surface area contributed by atoms with Gasteiger partial charge in [0.2, 0.25) is 0 Å². The number of hydrogen-bond donors (Lipinski definition) is 1. The summed E-state index contributed by atoms with van der Waals surface area (Å²) in [5, 5.41) is 9.97. The van der Waals surface area contributed by atoms with E-state index >= 15 is 0 Å². The lowest BCUT2D eigenvalue weighted by molar-refractivity contribution is 0.101. The lowest BCUT2D eigenvalue weighted by atomic mass is 9.84. The third-order valence-corrected chi connectivity index (χ3v) is 2.84. The maximum absolute atomic E-state index is 13.6. The molecule has 0 fully saturated rings. The molecule has 1 aromatic carbocycles. The highest BCUT2D eigenvalue weighted by Crippen LogP contribution is 2.46. The highest BCUT2D eigenvalue weighted by molar-refractivity contribution is 5.97. The zero-order valence-electron chi connectivity index (χ0n) is 9.43. The van der Waals surface area contributed by atoms with Gasteiger partial charge in [0.05, 0.1) is 12.2 Å². The summed E-state index contributed by atoms with van der Waals surface area (Å²) in [6.45, 7) is 5.27. The number of benzene rings is 1. The fraction of sp³-hybridized carbons (Fsp3) is 0.417. The third kappa shape index (κ3) is 1.37. The van der Waals surface area contributed by atoms with Gasteiger partial charge in [0.15, 0.2) is 17.3 Å². The first kappa shape index (κ1) is 10.9. The first-order chi connectivity index (χ1) is 7.34. The van der Waals surface area contributed by atoms with Crippen LogP contribution in [-0.4, -0.2) is 17.5 Å². The molecule has 1 heterocycles. The van der Waals surface area contributed by atoms with Crippen molar-refractivity contribution < 1.29 is 19.0 Å². The summed E-state index contributed by atoms with van der Waals surface area (Å²) >= 11 is 0. The summed E-state index contributed by atoms with van der Waals surface area (Å²) in [7, 11) is 0. The average molecular weight is 224 g/mol. The molecule has 3 nitrogen and oxygen atoms in total. The van der Waals surface area contributed by atoms with Crippen LogP contribution in [0.1, 0.15) is 36.7 Å². The molecule has 1 aromatic rings. The molecule has 1 aliphatic rings. The second kappa shape index (κ2) is 3.20. The second-order valence-corrected chi connectivity index (χ2v) is 4.69. The number of aromatic hydroxyl groups is 1. The van der Waals surface area contributed by atoms with Crippen molar-refractivity contribution in [2.75, 3.05) is 6.61 Å². The molecule has 16 heavy (non-hydrogen) atoms. The van der Waals surface area contributed by atoms with Gasteiger partial charge in [-0.05, 0) is 13.0 Å². The van der Waals surface area contributed by atoms with Gasteiger partial charge in [-0.25, -0.2) is 4.39 Å². The smallest absolute Gasteiger partial charge is 0.166 e. The molecule has 0 saturated heterocycles. The number of phenols is 1. The summed E-state index contributed by atoms with van der Waals surface area (Å²) in [6, 6.07) is 1.03. The van der Waals surface area contributed by atoms with Crippen LogP contribution in [0, 0.1) is 5.82 Å². The number of ketones is 1. The van der Waals surface area contributed by atoms with E-state index in [1.54, 1.807) is 0 Å². The van der Waals surface area contributed by atoms with E-state index in [1.807, 2.05) is 13.8 Å². The van der Waals surface area contributed by atoms with Crippen LogP contribution < -0.4 is 4.74 Å². The third-order valence-electron chi connectivity index (χ3n) is 2.84. The van der Waals surface area contributed by atoms with E-state index in [-0.39, 0.29) is 22.8 Å². The van der Waals surface area contributed by atoms with E-state index in [0.29, 0.717) is 12.2 Å². The average Bonchev–Trinajstić information content (AvgIpc) is 2.48. The van der Waals surface area contributed by atoms with Gasteiger partial charge in [0.25, 0.3) is 0 Å². The molecule has 1 aliphatic heterocycles. The van der Waals surface area contributed by atoms with Crippen molar-refractivity contribution in [2.24, 2.45) is 0 Å². The molecule has 4 heteroatoms. The number of carbonyl (C=O) groups excluding carboxylic acids is 1. The Kier molecular flexibility index (Phi) is 2.19. The summed E-state index contributed by atoms with van der Waals surface area (Å²) < 4.78 is 18.9. The molecule has 0 saturated carbocycles. The number of rotatable bonds is 1. The zero-order chi connectivity index (χ0) is 12.1. The number of phenolic OH excluding ortho intramolecular Hbond substituents is 1. The minimum Gasteiger partial charge on any atom is -0.507 e. The van der Waals surface area contributed by atoms with E-state index in [4.69, 9.17) is 4.74 Å². The molecule has 0 amide bonds. The predicted octanol–water partition coefficient (Wildman–Crippen LogP) is 2.40. The SMILES string of the molecule is CC(=O)c1cc(F)c2c(c1O)C(C)(C)CO2. The molecular formula is C12H13FO3. The zero-order valence-corrected chi connectivity index (χ0v) is 9.43. The van der Waals surface area contributed by atoms with Gasteiger partial charge in [0.1, 0.15) is 5.75 Å². The molecule has 0 aromatic heterocycles. The Bertz CT molecular complexity index is 478. The fourth-order valence-corrected chi connectivity index (χ4v) is 1.98. The minimum atomic E-state index is -0.594. The minimum absolute atomic E-state index is 0.00910. The normalized spacial score (nSPS) is 16.8. The van der Waals surface area contributed by atoms with Crippen molar-refractivity contribution in [1.82, 2.24) is 0 Å². The van der Waals surface area contributed by atoms with E-state index in [0.717, 1.165) is 6.07 Å². The quantitative estimate of drug-likeness (QED) is 0.745. The predicted molar refractivity (Wildman–Crippen MR) is 56.6 cm³/mol. The van der Waals surface area contributed by atoms with Crippen LogP contribution >= 0.6 is 0 Å². The fourth-order valence-electron chi connectivity index (χ4n) is 1.98. The number of carbonyl (C=O) groups is 1. The van der Waals surface area contributed by atoms with E-state index < -0.39 is 11.2 Å². The van der Waals surface area contributed by atoms with Gasteiger partial charge in [-0.1, -0.05) is 13.8 Å². The molecule has 0 atom stereocenters. The van der Waals surface area contributed by atoms with Crippen LogP contribution in [-0.2, 0) is 5.41 Å². The molecule has 0 spiro atoms. The van der Waals surface area contributed by atoms with Crippen molar-refractivity contribution in [1.29, 1.82) is 0 Å². The standard InChI is InChI=1S/C12H13FO3/c1-6(14)7-4-8(13)11-9(10(7)15)12(2,3)5-16-11/h4,15H,5H2,1-3H3. The Morgan fingerprint density at radius 1 is 1.56 bits per heavy atom. The molecule has 2 rings (SSSR count). The first-order valence-electron chi connectivity index (χ1n) is 5.04. The van der Waals surface area contributed by atoms with Crippen molar-refractivity contribution in [2.45, 2.75) is 26.2 Å². The summed E-state index contributed by atoms with van der Waals surface area (Å²) in [4.78, 5) is 11.3. The monoisotopic (exact) mass is 224 g/mol. The Labute approximate surface area is 92.9 Å². The molecule has 86 valence electrons. The van der Waals surface area contributed by atoms with Crippen molar-refractivity contribution in [3.05, 3.63) is 23.0 Å². The first-order valence-corrected chi connectivity index (χ1v) is 5.04. The number of Topliss-reactive ketones (excluding diaryl/α,β-unsaturated/α-hetero) is 1. The number of hydrogen-bond acceptors (Lipinski definition) is 3. The second-order valence-electron chi connectivity index (χ2n) is 4.69. The van der Waals surface area contributed by atoms with Crippen molar-refractivity contribution in [3.8, 4) is 11.5 Å². The van der Waals surface area contributed by atoms with Gasteiger partial charge in [-0.2, -0.15) is 0 Å². The van der Waals surface area contributed by atoms with Crippen molar-refractivity contribution in [3.63, 3.8) is 0 Å². The van der Waals surface area contributed by atoms with E-state index in [2.05, 4.69) is 0 Å². The number of halogens is 1. The summed E-state index contributed by atoms with van der Waals surface area (Å²) in [6.07, 6.45) is 0. The van der Waals surface area contributed by atoms with Crippen LogP contribution in [0.15, 0.2) is 6.07 Å². The van der Waals surface area contributed by atoms with E-state index in [1.165, 1.54) is 6.92 Å². The van der Waals surface area contributed by atoms with Gasteiger partial charge in [-0.15, -0.1) is 0 Å². The maximum atomic E-state index is 13.6. The molecule has 0 unspecified atom stereocenters. The summed E-state index contributed by atoms with van der Waals surface area (Å²) in [5.74, 6) is -1.05. The molecule has 0 radical (unpaired) electrons. The molecule has 1 N–H and O–H groups in total. The Morgan fingerprint density at radius 3 is 2.75 bits per heavy atom. The van der Waals surface area contributed by atoms with Gasteiger partial charge < -0.3 is 9.84 Å². The lowest BCUT2D eigenvalue weighted by Crippen LogP contribution is -2.18. The van der Waals surface area contributed by atoms with Crippen LogP contribution in [0.2, 0.25) is 0 Å². The Hall–Kier alpha value is -1.58. The molecule has 0 bridgehead atoms. The number of fused-ring (bicyclic) bond motifs is 1. The van der Waals surface area contributed by atoms with Crippen LogP contribution in [0.25, 0.3) is 0 Å². The van der Waals surface area contributed by atoms with Gasteiger partial charge in [-0.3, -0.25) is 4.79 Å². The highest BCUT2D eigenvalue weighted by atomic mass is 19.1. The summed E-state index contributed by atoms with van der Waals surface area (Å²) in [5.41, 5.74) is -0.0846.